The Morgan fingerprint density at radius 2 is 1.91 bits per heavy atom. The minimum absolute atomic E-state index is 0.157. The molecular formula is C16H21BrN2O3. The summed E-state index contributed by atoms with van der Waals surface area (Å²) in [5.41, 5.74) is 1.20. The molecule has 0 saturated carbocycles. The van der Waals surface area contributed by atoms with Gasteiger partial charge in [-0.15, -0.1) is 0 Å². The largest absolute Gasteiger partial charge is 0.486 e. The van der Waals surface area contributed by atoms with E-state index >= 15 is 0 Å². The lowest BCUT2D eigenvalue weighted by Gasteiger charge is -2.31. The molecule has 0 spiro atoms. The smallest absolute Gasteiger partial charge is 0.222 e. The first-order chi connectivity index (χ1) is 10.7. The lowest BCUT2D eigenvalue weighted by Crippen LogP contribution is -2.39. The van der Waals surface area contributed by atoms with E-state index in [4.69, 9.17) is 9.47 Å². The Bertz CT molecular complexity index is 557. The molecule has 0 aromatic heterocycles. The maximum absolute atomic E-state index is 11.7. The van der Waals surface area contributed by atoms with E-state index < -0.39 is 0 Å². The summed E-state index contributed by atoms with van der Waals surface area (Å²) in [6.07, 6.45) is 1.84. The quantitative estimate of drug-likeness (QED) is 0.888. The number of hydrogen-bond acceptors (Lipinski definition) is 4. The van der Waals surface area contributed by atoms with Crippen molar-refractivity contribution >= 4 is 21.8 Å². The minimum atomic E-state index is 0.157. The number of carbonyl (C=O) groups is 1. The summed E-state index contributed by atoms with van der Waals surface area (Å²) < 4.78 is 12.3. The number of nitrogens with zero attached hydrogens (tertiary/aromatic N) is 1. The fourth-order valence-corrected chi connectivity index (χ4v) is 3.47. The van der Waals surface area contributed by atoms with Crippen LogP contribution in [0.3, 0.4) is 0 Å². The van der Waals surface area contributed by atoms with Crippen molar-refractivity contribution in [2.75, 3.05) is 33.4 Å². The average molecular weight is 369 g/mol. The lowest BCUT2D eigenvalue weighted by atomic mass is 9.95. The Morgan fingerprint density at radius 1 is 1.27 bits per heavy atom. The van der Waals surface area contributed by atoms with Crippen LogP contribution in [0.5, 0.6) is 11.5 Å². The molecule has 1 aromatic carbocycles. The average Bonchev–Trinajstić information content (AvgIpc) is 2.55. The van der Waals surface area contributed by atoms with E-state index in [0.717, 1.165) is 48.4 Å². The second-order valence-electron chi connectivity index (χ2n) is 5.75. The molecule has 0 bridgehead atoms. The number of ether oxygens (including phenoxy) is 2. The van der Waals surface area contributed by atoms with Gasteiger partial charge in [-0.05, 0) is 43.6 Å². The number of fused-ring (bicyclic) bond motifs is 1. The number of hydrogen-bond donors (Lipinski definition) is 1. The Morgan fingerprint density at radius 3 is 2.55 bits per heavy atom. The van der Waals surface area contributed by atoms with E-state index in [0.29, 0.717) is 13.2 Å². The highest BCUT2D eigenvalue weighted by Gasteiger charge is 2.25. The monoisotopic (exact) mass is 368 g/mol. The van der Waals surface area contributed by atoms with Crippen molar-refractivity contribution in [2.24, 2.45) is 5.92 Å². The molecule has 2 heterocycles. The summed E-state index contributed by atoms with van der Waals surface area (Å²) in [4.78, 5) is 14.1. The van der Waals surface area contributed by atoms with E-state index in [1.54, 1.807) is 7.05 Å². The summed E-state index contributed by atoms with van der Waals surface area (Å²) in [5.74, 6) is 1.95. The van der Waals surface area contributed by atoms with E-state index in [9.17, 15) is 4.79 Å². The van der Waals surface area contributed by atoms with Crippen molar-refractivity contribution in [3.8, 4) is 11.5 Å². The highest BCUT2D eigenvalue weighted by Crippen LogP contribution is 2.36. The van der Waals surface area contributed by atoms with E-state index in [2.05, 4.69) is 32.2 Å². The number of rotatable bonds is 3. The highest BCUT2D eigenvalue weighted by atomic mass is 79.9. The predicted molar refractivity (Wildman–Crippen MR) is 87.2 cm³/mol. The normalized spacial score (nSPS) is 19.0. The van der Waals surface area contributed by atoms with Crippen LogP contribution in [0.2, 0.25) is 0 Å². The van der Waals surface area contributed by atoms with Gasteiger partial charge in [0.25, 0.3) is 0 Å². The highest BCUT2D eigenvalue weighted by molar-refractivity contribution is 9.10. The third-order valence-corrected chi connectivity index (χ3v) is 5.05. The number of carbonyl (C=O) groups excluding carboxylic acids is 1. The fraction of sp³-hybridized carbons (Fsp3) is 0.562. The summed E-state index contributed by atoms with van der Waals surface area (Å²) in [6, 6.07) is 4.05. The third-order valence-electron chi connectivity index (χ3n) is 4.31. The van der Waals surface area contributed by atoms with Gasteiger partial charge >= 0.3 is 0 Å². The summed E-state index contributed by atoms with van der Waals surface area (Å²) in [5, 5.41) is 2.75. The van der Waals surface area contributed by atoms with Gasteiger partial charge in [0.1, 0.15) is 13.2 Å². The van der Waals surface area contributed by atoms with Crippen molar-refractivity contribution in [3.63, 3.8) is 0 Å². The zero-order valence-corrected chi connectivity index (χ0v) is 14.3. The Labute approximate surface area is 139 Å². The predicted octanol–water partition coefficient (Wildman–Crippen LogP) is 2.18. The van der Waals surface area contributed by atoms with Crippen LogP contribution in [0.15, 0.2) is 16.6 Å². The molecule has 1 saturated heterocycles. The Hall–Kier alpha value is -1.27. The maximum atomic E-state index is 11.7. The van der Waals surface area contributed by atoms with E-state index in [-0.39, 0.29) is 11.8 Å². The van der Waals surface area contributed by atoms with E-state index in [1.807, 2.05) is 6.07 Å². The first kappa shape index (κ1) is 15.6. The molecule has 0 radical (unpaired) electrons. The molecule has 2 aliphatic heterocycles. The molecule has 22 heavy (non-hydrogen) atoms. The molecule has 6 heteroatoms. The lowest BCUT2D eigenvalue weighted by molar-refractivity contribution is -0.125. The maximum Gasteiger partial charge on any atom is 0.222 e. The van der Waals surface area contributed by atoms with Gasteiger partial charge in [0.2, 0.25) is 5.91 Å². The fourth-order valence-electron chi connectivity index (χ4n) is 3.03. The molecule has 3 rings (SSSR count). The van der Waals surface area contributed by atoms with Gasteiger partial charge in [0, 0.05) is 24.0 Å². The zero-order chi connectivity index (χ0) is 15.5. The zero-order valence-electron chi connectivity index (χ0n) is 12.7. The molecule has 1 aromatic rings. The third kappa shape index (κ3) is 3.38. The van der Waals surface area contributed by atoms with Crippen molar-refractivity contribution in [1.29, 1.82) is 0 Å². The van der Waals surface area contributed by atoms with Crippen LogP contribution in [-0.2, 0) is 11.3 Å². The molecule has 1 fully saturated rings. The molecule has 0 aliphatic carbocycles. The molecule has 5 nitrogen and oxygen atoms in total. The number of halogens is 1. The van der Waals surface area contributed by atoms with Gasteiger partial charge in [-0.2, -0.15) is 0 Å². The first-order valence-corrected chi connectivity index (χ1v) is 8.48. The van der Waals surface area contributed by atoms with Gasteiger partial charge in [-0.3, -0.25) is 9.69 Å². The van der Waals surface area contributed by atoms with Crippen LogP contribution >= 0.6 is 15.9 Å². The van der Waals surface area contributed by atoms with Crippen molar-refractivity contribution in [2.45, 2.75) is 19.4 Å². The Balaban J connectivity index is 1.63. The molecule has 120 valence electrons. The van der Waals surface area contributed by atoms with Gasteiger partial charge < -0.3 is 14.8 Å². The van der Waals surface area contributed by atoms with Crippen LogP contribution in [-0.4, -0.2) is 44.2 Å². The van der Waals surface area contributed by atoms with Gasteiger partial charge in [-0.1, -0.05) is 15.9 Å². The van der Waals surface area contributed by atoms with Gasteiger partial charge in [0.15, 0.2) is 11.5 Å². The van der Waals surface area contributed by atoms with Crippen molar-refractivity contribution in [1.82, 2.24) is 10.2 Å². The molecule has 2 aliphatic rings. The first-order valence-electron chi connectivity index (χ1n) is 7.69. The van der Waals surface area contributed by atoms with Crippen molar-refractivity contribution < 1.29 is 14.3 Å². The molecule has 0 atom stereocenters. The summed E-state index contributed by atoms with van der Waals surface area (Å²) in [6.45, 7) is 3.95. The minimum Gasteiger partial charge on any atom is -0.486 e. The molecular weight excluding hydrogens is 348 g/mol. The number of piperidine rings is 1. The second-order valence-corrected chi connectivity index (χ2v) is 6.61. The number of nitrogens with one attached hydrogen (secondary N) is 1. The van der Waals surface area contributed by atoms with Crippen LogP contribution in [0.4, 0.5) is 0 Å². The van der Waals surface area contributed by atoms with Crippen LogP contribution < -0.4 is 14.8 Å². The number of amides is 1. The standard InChI is InChI=1S/C16H21BrN2O3/c1-18-16(20)11-2-4-19(5-3-11)10-12-8-14-15(9-13(12)17)22-7-6-21-14/h8-9,11H,2-7,10H2,1H3,(H,18,20). The molecule has 0 unspecified atom stereocenters. The van der Waals surface area contributed by atoms with Crippen LogP contribution in [0.1, 0.15) is 18.4 Å². The van der Waals surface area contributed by atoms with E-state index in [1.165, 1.54) is 5.56 Å². The van der Waals surface area contributed by atoms with Gasteiger partial charge in [-0.25, -0.2) is 0 Å². The molecule has 1 amide bonds. The number of benzene rings is 1. The van der Waals surface area contributed by atoms with Crippen LogP contribution in [0.25, 0.3) is 0 Å². The Kier molecular flexibility index (Phi) is 4.88. The summed E-state index contributed by atoms with van der Waals surface area (Å²) in [7, 11) is 1.71. The second kappa shape index (κ2) is 6.87. The number of likely N-dealkylation sites (tertiary alicyclic amines) is 1. The van der Waals surface area contributed by atoms with Crippen LogP contribution in [0, 0.1) is 5.92 Å². The van der Waals surface area contributed by atoms with Gasteiger partial charge in [0.05, 0.1) is 0 Å². The SMILES string of the molecule is CNC(=O)C1CCN(Cc2cc3c(cc2Br)OCCO3)CC1. The molecule has 1 N–H and O–H groups in total. The summed E-state index contributed by atoms with van der Waals surface area (Å²) >= 11 is 3.62. The van der Waals surface area contributed by atoms with Crippen molar-refractivity contribution in [3.05, 3.63) is 22.2 Å². The topological polar surface area (TPSA) is 50.8 Å².